The molecule has 114 valence electrons. The van der Waals surface area contributed by atoms with Gasteiger partial charge in [0.25, 0.3) is 0 Å². The molecule has 1 aliphatic heterocycles. The quantitative estimate of drug-likeness (QED) is 0.911. The van der Waals surface area contributed by atoms with Gasteiger partial charge in [0.1, 0.15) is 0 Å². The molecule has 1 aliphatic rings. The number of aromatic nitrogens is 2. The van der Waals surface area contributed by atoms with Crippen LogP contribution in [0.4, 0.5) is 0 Å². The number of nitrogens with zero attached hydrogens (tertiary/aromatic N) is 2. The van der Waals surface area contributed by atoms with Gasteiger partial charge in [-0.3, -0.25) is 10.00 Å². The van der Waals surface area contributed by atoms with E-state index in [0.717, 1.165) is 35.9 Å². The van der Waals surface area contributed by atoms with Crippen LogP contribution < -0.4 is 5.73 Å². The summed E-state index contributed by atoms with van der Waals surface area (Å²) < 4.78 is 0. The molecule has 6 heteroatoms. The van der Waals surface area contributed by atoms with Crippen LogP contribution in [0.25, 0.3) is 11.3 Å². The number of nitrogens with one attached hydrogen (secondary N) is 1. The maximum atomic E-state index is 6.08. The smallest absolute Gasteiger partial charge is 0.0695 e. The highest BCUT2D eigenvalue weighted by molar-refractivity contribution is 6.30. The zero-order valence-electron chi connectivity index (χ0n) is 11.9. The largest absolute Gasteiger partial charge is 0.326 e. The van der Waals surface area contributed by atoms with Crippen LogP contribution in [0, 0.1) is 5.92 Å². The minimum atomic E-state index is 0. The molecular formula is C15H20Cl2N4. The van der Waals surface area contributed by atoms with E-state index < -0.39 is 0 Å². The molecule has 0 radical (unpaired) electrons. The highest BCUT2D eigenvalue weighted by Crippen LogP contribution is 2.26. The topological polar surface area (TPSA) is 57.9 Å². The van der Waals surface area contributed by atoms with Gasteiger partial charge in [-0.15, -0.1) is 12.4 Å². The molecule has 0 saturated carbocycles. The summed E-state index contributed by atoms with van der Waals surface area (Å²) >= 11 is 6.06. The van der Waals surface area contributed by atoms with Crippen molar-refractivity contribution in [3.05, 3.63) is 41.0 Å². The predicted octanol–water partition coefficient (Wildman–Crippen LogP) is 2.93. The average Bonchev–Trinajstić information content (AvgIpc) is 2.98. The van der Waals surface area contributed by atoms with Crippen LogP contribution in [-0.2, 0) is 6.54 Å². The Hall–Kier alpha value is -1.07. The summed E-state index contributed by atoms with van der Waals surface area (Å²) in [5.41, 5.74) is 9.39. The number of rotatable bonds is 3. The van der Waals surface area contributed by atoms with E-state index in [1.807, 2.05) is 30.5 Å². The molecule has 2 unspecified atom stereocenters. The van der Waals surface area contributed by atoms with E-state index in [-0.39, 0.29) is 18.4 Å². The molecule has 0 bridgehead atoms. The minimum absolute atomic E-state index is 0. The molecule has 0 spiro atoms. The van der Waals surface area contributed by atoms with Crippen LogP contribution in [0.3, 0.4) is 0 Å². The van der Waals surface area contributed by atoms with E-state index in [0.29, 0.717) is 5.92 Å². The third-order valence-corrected chi connectivity index (χ3v) is 4.21. The average molecular weight is 327 g/mol. The van der Waals surface area contributed by atoms with Crippen molar-refractivity contribution in [2.45, 2.75) is 19.5 Å². The molecule has 2 atom stereocenters. The van der Waals surface area contributed by atoms with Gasteiger partial charge in [0.15, 0.2) is 0 Å². The summed E-state index contributed by atoms with van der Waals surface area (Å²) in [6, 6.07) is 8.10. The number of aromatic amines is 1. The summed E-state index contributed by atoms with van der Waals surface area (Å²) in [6.45, 7) is 5.07. The fraction of sp³-hybridized carbons (Fsp3) is 0.400. The SMILES string of the molecule is CC1CN(Cc2cn[nH]c2-c2cccc(Cl)c2)CC1N.Cl. The Morgan fingerprint density at radius 2 is 2.24 bits per heavy atom. The zero-order chi connectivity index (χ0) is 14.1. The van der Waals surface area contributed by atoms with Gasteiger partial charge in [0.2, 0.25) is 0 Å². The molecule has 0 aliphatic carbocycles. The Kier molecular flexibility index (Phi) is 5.27. The molecule has 3 rings (SSSR count). The lowest BCUT2D eigenvalue weighted by atomic mass is 10.1. The van der Waals surface area contributed by atoms with Gasteiger partial charge in [-0.25, -0.2) is 0 Å². The Labute approximate surface area is 136 Å². The van der Waals surface area contributed by atoms with Gasteiger partial charge in [0, 0.05) is 41.8 Å². The number of benzene rings is 1. The highest BCUT2D eigenvalue weighted by atomic mass is 35.5. The first-order valence-corrected chi connectivity index (χ1v) is 7.27. The molecular weight excluding hydrogens is 307 g/mol. The van der Waals surface area contributed by atoms with Crippen molar-refractivity contribution in [3.8, 4) is 11.3 Å². The van der Waals surface area contributed by atoms with Crippen molar-refractivity contribution in [3.63, 3.8) is 0 Å². The van der Waals surface area contributed by atoms with Crippen LogP contribution >= 0.6 is 24.0 Å². The standard InChI is InChI=1S/C15H19ClN4.ClH/c1-10-7-20(9-14(10)17)8-12-6-18-19-15(12)11-3-2-4-13(16)5-11;/h2-6,10,14H,7-9,17H2,1H3,(H,18,19);1H. The Balaban J connectivity index is 0.00000161. The van der Waals surface area contributed by atoms with Crippen LogP contribution in [-0.4, -0.2) is 34.2 Å². The number of likely N-dealkylation sites (tertiary alicyclic amines) is 1. The molecule has 1 fully saturated rings. The molecule has 4 nitrogen and oxygen atoms in total. The van der Waals surface area contributed by atoms with Gasteiger partial charge in [-0.05, 0) is 18.1 Å². The molecule has 2 aromatic rings. The second kappa shape index (κ2) is 6.79. The van der Waals surface area contributed by atoms with Crippen LogP contribution in [0.1, 0.15) is 12.5 Å². The second-order valence-corrected chi connectivity index (χ2v) is 6.05. The van der Waals surface area contributed by atoms with Crippen molar-refractivity contribution in [1.29, 1.82) is 0 Å². The molecule has 0 amide bonds. The number of nitrogens with two attached hydrogens (primary N) is 1. The molecule has 1 aromatic heterocycles. The first-order valence-electron chi connectivity index (χ1n) is 6.89. The van der Waals surface area contributed by atoms with Gasteiger partial charge in [-0.2, -0.15) is 5.10 Å². The molecule has 2 heterocycles. The number of hydrogen-bond donors (Lipinski definition) is 2. The molecule has 1 aromatic carbocycles. The predicted molar refractivity (Wildman–Crippen MR) is 88.7 cm³/mol. The van der Waals surface area contributed by atoms with Gasteiger partial charge < -0.3 is 5.73 Å². The van der Waals surface area contributed by atoms with E-state index in [1.54, 1.807) is 0 Å². The van der Waals surface area contributed by atoms with Crippen molar-refractivity contribution in [2.24, 2.45) is 11.7 Å². The van der Waals surface area contributed by atoms with Crippen molar-refractivity contribution in [2.75, 3.05) is 13.1 Å². The first-order chi connectivity index (χ1) is 9.63. The molecule has 21 heavy (non-hydrogen) atoms. The minimum Gasteiger partial charge on any atom is -0.326 e. The van der Waals surface area contributed by atoms with Crippen molar-refractivity contribution < 1.29 is 0 Å². The zero-order valence-corrected chi connectivity index (χ0v) is 13.5. The van der Waals surface area contributed by atoms with Crippen LogP contribution in [0.5, 0.6) is 0 Å². The number of hydrogen-bond acceptors (Lipinski definition) is 3. The van der Waals surface area contributed by atoms with Crippen LogP contribution in [0.2, 0.25) is 5.02 Å². The second-order valence-electron chi connectivity index (χ2n) is 5.62. The molecule has 3 N–H and O–H groups in total. The van der Waals surface area contributed by atoms with Gasteiger partial charge in [0.05, 0.1) is 11.9 Å². The number of H-pyrrole nitrogens is 1. The Morgan fingerprint density at radius 3 is 2.90 bits per heavy atom. The summed E-state index contributed by atoms with van der Waals surface area (Å²) in [7, 11) is 0. The van der Waals surface area contributed by atoms with Crippen LogP contribution in [0.15, 0.2) is 30.5 Å². The monoisotopic (exact) mass is 326 g/mol. The lowest BCUT2D eigenvalue weighted by molar-refractivity contribution is 0.319. The van der Waals surface area contributed by atoms with E-state index in [9.17, 15) is 0 Å². The van der Waals surface area contributed by atoms with Crippen molar-refractivity contribution >= 4 is 24.0 Å². The lowest BCUT2D eigenvalue weighted by Crippen LogP contribution is -2.28. The normalized spacial score (nSPS) is 22.2. The molecule has 1 saturated heterocycles. The first kappa shape index (κ1) is 16.3. The fourth-order valence-corrected chi connectivity index (χ4v) is 2.98. The number of halogens is 2. The lowest BCUT2D eigenvalue weighted by Gasteiger charge is -2.15. The summed E-state index contributed by atoms with van der Waals surface area (Å²) in [5, 5.41) is 8.00. The van der Waals surface area contributed by atoms with Gasteiger partial charge in [-0.1, -0.05) is 30.7 Å². The summed E-state index contributed by atoms with van der Waals surface area (Å²) in [5.74, 6) is 0.552. The van der Waals surface area contributed by atoms with Gasteiger partial charge >= 0.3 is 0 Å². The summed E-state index contributed by atoms with van der Waals surface area (Å²) in [4.78, 5) is 2.38. The maximum Gasteiger partial charge on any atom is 0.0695 e. The third kappa shape index (κ3) is 3.58. The Morgan fingerprint density at radius 1 is 1.43 bits per heavy atom. The van der Waals surface area contributed by atoms with Crippen molar-refractivity contribution in [1.82, 2.24) is 15.1 Å². The van der Waals surface area contributed by atoms with E-state index in [2.05, 4.69) is 22.0 Å². The van der Waals surface area contributed by atoms with E-state index in [1.165, 1.54) is 5.56 Å². The maximum absolute atomic E-state index is 6.08. The summed E-state index contributed by atoms with van der Waals surface area (Å²) in [6.07, 6.45) is 1.89. The fourth-order valence-electron chi connectivity index (χ4n) is 2.79. The Bertz CT molecular complexity index is 589. The van der Waals surface area contributed by atoms with E-state index in [4.69, 9.17) is 17.3 Å². The third-order valence-electron chi connectivity index (χ3n) is 3.97. The highest BCUT2D eigenvalue weighted by Gasteiger charge is 2.27. The van der Waals surface area contributed by atoms with E-state index >= 15 is 0 Å².